The standard InChI is InChI=1S/C34H39F3N4O3S/c35-34(36,37)26-4-1-7-30(20-26)45(43,44)41-17-16-39-15-3-8-31(39)32(41)21-33(42)38-27-12-11-24-18-23(9-10-25(24)19-27)22-40-28-5-2-6-29(40)14-13-28/h1,3-4,7-10,15,18,20,27-29,32H,2,5-6,11-14,16-17,19,21-22H2,(H,38,42). The molecule has 7 nitrogen and oxygen atoms in total. The maximum absolute atomic E-state index is 13.7. The maximum Gasteiger partial charge on any atom is 0.416 e. The van der Waals surface area contributed by atoms with Gasteiger partial charge in [-0.15, -0.1) is 0 Å². The van der Waals surface area contributed by atoms with Crippen LogP contribution in [0.25, 0.3) is 0 Å². The van der Waals surface area contributed by atoms with Gasteiger partial charge in [-0.05, 0) is 92.0 Å². The lowest BCUT2D eigenvalue weighted by Gasteiger charge is -2.36. The van der Waals surface area contributed by atoms with Crippen LogP contribution in [0.1, 0.15) is 78.9 Å². The molecule has 4 heterocycles. The van der Waals surface area contributed by atoms with Gasteiger partial charge in [-0.1, -0.05) is 30.7 Å². The Balaban J connectivity index is 1.04. The number of carbonyl (C=O) groups is 1. The number of fused-ring (bicyclic) bond motifs is 4. The summed E-state index contributed by atoms with van der Waals surface area (Å²) in [6, 6.07) is 14.7. The molecule has 11 heteroatoms. The molecule has 2 fully saturated rings. The molecule has 240 valence electrons. The Morgan fingerprint density at radius 3 is 2.49 bits per heavy atom. The van der Waals surface area contributed by atoms with Crippen LogP contribution in [0.4, 0.5) is 13.2 Å². The predicted molar refractivity (Wildman–Crippen MR) is 164 cm³/mol. The number of aryl methyl sites for hydroxylation is 1. The molecule has 1 amide bonds. The van der Waals surface area contributed by atoms with Crippen LogP contribution in [0, 0.1) is 0 Å². The fourth-order valence-electron chi connectivity index (χ4n) is 8.09. The second-order valence-electron chi connectivity index (χ2n) is 13.1. The van der Waals surface area contributed by atoms with Crippen molar-refractivity contribution in [1.29, 1.82) is 0 Å². The third kappa shape index (κ3) is 6.06. The summed E-state index contributed by atoms with van der Waals surface area (Å²) in [6.07, 6.45) is 6.01. The van der Waals surface area contributed by atoms with Crippen LogP contribution in [-0.4, -0.2) is 52.8 Å². The van der Waals surface area contributed by atoms with Crippen molar-refractivity contribution in [2.75, 3.05) is 6.54 Å². The highest BCUT2D eigenvalue weighted by molar-refractivity contribution is 7.89. The molecule has 4 atom stereocenters. The lowest BCUT2D eigenvalue weighted by molar-refractivity contribution is -0.137. The van der Waals surface area contributed by atoms with E-state index in [0.717, 1.165) is 43.6 Å². The Morgan fingerprint density at radius 2 is 1.71 bits per heavy atom. The van der Waals surface area contributed by atoms with Gasteiger partial charge in [-0.2, -0.15) is 17.5 Å². The topological polar surface area (TPSA) is 74.6 Å². The van der Waals surface area contributed by atoms with Crippen molar-refractivity contribution in [3.05, 3.63) is 88.7 Å². The van der Waals surface area contributed by atoms with E-state index in [4.69, 9.17) is 0 Å². The summed E-state index contributed by atoms with van der Waals surface area (Å²) in [7, 11) is -4.31. The first-order valence-electron chi connectivity index (χ1n) is 16.1. The van der Waals surface area contributed by atoms with E-state index in [1.54, 1.807) is 12.1 Å². The lowest BCUT2D eigenvalue weighted by Crippen LogP contribution is -2.45. The smallest absolute Gasteiger partial charge is 0.353 e. The molecule has 7 rings (SSSR count). The summed E-state index contributed by atoms with van der Waals surface area (Å²) < 4.78 is 70.7. The molecule has 3 aliphatic heterocycles. The highest BCUT2D eigenvalue weighted by Gasteiger charge is 2.40. The van der Waals surface area contributed by atoms with Gasteiger partial charge in [0.15, 0.2) is 0 Å². The molecule has 2 bridgehead atoms. The molecule has 2 aromatic carbocycles. The van der Waals surface area contributed by atoms with Gasteiger partial charge in [0.2, 0.25) is 15.9 Å². The average Bonchev–Trinajstić information content (AvgIpc) is 3.57. The van der Waals surface area contributed by atoms with Crippen molar-refractivity contribution in [1.82, 2.24) is 19.1 Å². The van der Waals surface area contributed by atoms with Crippen molar-refractivity contribution >= 4 is 15.9 Å². The molecule has 0 saturated carbocycles. The van der Waals surface area contributed by atoms with Gasteiger partial charge < -0.3 is 9.88 Å². The number of benzene rings is 2. The van der Waals surface area contributed by atoms with Crippen LogP contribution in [0.3, 0.4) is 0 Å². The number of rotatable bonds is 7. The Morgan fingerprint density at radius 1 is 0.911 bits per heavy atom. The highest BCUT2D eigenvalue weighted by Crippen LogP contribution is 2.38. The van der Waals surface area contributed by atoms with E-state index in [0.29, 0.717) is 24.7 Å². The molecular formula is C34H39F3N4O3S. The number of halogens is 3. The number of sulfonamides is 1. The normalized spacial score (nSPS) is 25.5. The van der Waals surface area contributed by atoms with Gasteiger partial charge in [0.05, 0.1) is 16.5 Å². The first kappa shape index (κ1) is 30.5. The zero-order valence-electron chi connectivity index (χ0n) is 25.2. The highest BCUT2D eigenvalue weighted by atomic mass is 32.2. The Bertz CT molecular complexity index is 1670. The summed E-state index contributed by atoms with van der Waals surface area (Å²) in [6.45, 7) is 1.40. The van der Waals surface area contributed by atoms with Crippen LogP contribution in [-0.2, 0) is 46.9 Å². The molecule has 1 aromatic heterocycles. The van der Waals surface area contributed by atoms with E-state index >= 15 is 0 Å². The molecule has 0 spiro atoms. The zero-order valence-corrected chi connectivity index (χ0v) is 26.0. The molecule has 45 heavy (non-hydrogen) atoms. The van der Waals surface area contributed by atoms with Crippen LogP contribution >= 0.6 is 0 Å². The minimum atomic E-state index is -4.67. The number of piperidine rings is 1. The molecule has 2 saturated heterocycles. The maximum atomic E-state index is 13.7. The number of hydrogen-bond acceptors (Lipinski definition) is 4. The fraction of sp³-hybridized carbons (Fsp3) is 0.500. The molecule has 3 aromatic rings. The molecule has 1 aliphatic carbocycles. The summed E-state index contributed by atoms with van der Waals surface area (Å²) >= 11 is 0. The average molecular weight is 641 g/mol. The van der Waals surface area contributed by atoms with Gasteiger partial charge in [0.1, 0.15) is 0 Å². The van der Waals surface area contributed by atoms with Crippen molar-refractivity contribution in [2.24, 2.45) is 0 Å². The van der Waals surface area contributed by atoms with E-state index in [9.17, 15) is 26.4 Å². The summed E-state index contributed by atoms with van der Waals surface area (Å²) in [4.78, 5) is 15.7. The molecule has 0 radical (unpaired) electrons. The molecule has 4 unspecified atom stereocenters. The van der Waals surface area contributed by atoms with Gasteiger partial charge in [0, 0.05) is 56.1 Å². The second kappa shape index (κ2) is 11.9. The largest absolute Gasteiger partial charge is 0.416 e. The molecule has 4 aliphatic rings. The first-order chi connectivity index (χ1) is 21.6. The monoisotopic (exact) mass is 640 g/mol. The van der Waals surface area contributed by atoms with Gasteiger partial charge >= 0.3 is 6.18 Å². The van der Waals surface area contributed by atoms with Crippen LogP contribution in [0.2, 0.25) is 0 Å². The summed E-state index contributed by atoms with van der Waals surface area (Å²) in [5.74, 6) is -0.274. The Kier molecular flexibility index (Phi) is 8.06. The number of nitrogens with one attached hydrogen (secondary N) is 1. The van der Waals surface area contributed by atoms with Crippen molar-refractivity contribution < 1.29 is 26.4 Å². The fourth-order valence-corrected chi connectivity index (χ4v) is 9.73. The summed E-state index contributed by atoms with van der Waals surface area (Å²) in [5.41, 5.74) is 3.55. The lowest BCUT2D eigenvalue weighted by atomic mass is 9.87. The van der Waals surface area contributed by atoms with Gasteiger partial charge in [0.25, 0.3) is 0 Å². The summed E-state index contributed by atoms with van der Waals surface area (Å²) in [5, 5.41) is 3.14. The van der Waals surface area contributed by atoms with E-state index in [-0.39, 0.29) is 24.9 Å². The third-order valence-corrected chi connectivity index (χ3v) is 12.2. The van der Waals surface area contributed by atoms with Crippen molar-refractivity contribution in [3.8, 4) is 0 Å². The van der Waals surface area contributed by atoms with E-state index < -0.39 is 32.7 Å². The number of alkyl halides is 3. The van der Waals surface area contributed by atoms with Gasteiger partial charge in [-0.25, -0.2) is 8.42 Å². The predicted octanol–water partition coefficient (Wildman–Crippen LogP) is 5.83. The van der Waals surface area contributed by atoms with Gasteiger partial charge in [-0.3, -0.25) is 9.69 Å². The van der Waals surface area contributed by atoms with E-state index in [1.807, 2.05) is 10.8 Å². The van der Waals surface area contributed by atoms with Crippen LogP contribution < -0.4 is 5.32 Å². The Hall–Kier alpha value is -3.15. The zero-order chi connectivity index (χ0) is 31.3. The van der Waals surface area contributed by atoms with Crippen LogP contribution in [0.5, 0.6) is 0 Å². The quantitative estimate of drug-likeness (QED) is 0.353. The Labute approximate surface area is 262 Å². The molecule has 1 N–H and O–H groups in total. The van der Waals surface area contributed by atoms with Crippen molar-refractivity contribution in [2.45, 2.75) is 106 Å². The SMILES string of the molecule is O=C(CC1c2cccn2CCN1S(=O)(=O)c1cccc(C(F)(F)F)c1)NC1CCc2cc(CN3C4CCCC3CC4)ccc2C1. The molecular weight excluding hydrogens is 601 g/mol. The minimum absolute atomic E-state index is 0.0518. The number of aromatic nitrogens is 1. The number of hydrogen-bond donors (Lipinski definition) is 1. The van der Waals surface area contributed by atoms with E-state index in [2.05, 4.69) is 28.4 Å². The number of nitrogens with zero attached hydrogens (tertiary/aromatic N) is 3. The number of carbonyl (C=O) groups excluding carboxylic acids is 1. The van der Waals surface area contributed by atoms with E-state index in [1.165, 1.54) is 59.2 Å². The van der Waals surface area contributed by atoms with Crippen molar-refractivity contribution in [3.63, 3.8) is 0 Å². The number of amides is 1. The van der Waals surface area contributed by atoms with Crippen LogP contribution in [0.15, 0.2) is 65.7 Å². The first-order valence-corrected chi connectivity index (χ1v) is 17.5. The second-order valence-corrected chi connectivity index (χ2v) is 15.0. The third-order valence-electron chi connectivity index (χ3n) is 10.3. The minimum Gasteiger partial charge on any atom is -0.353 e.